The summed E-state index contributed by atoms with van der Waals surface area (Å²) >= 11 is 0. The Bertz CT molecular complexity index is 1270. The predicted octanol–water partition coefficient (Wildman–Crippen LogP) is 4.93. The predicted molar refractivity (Wildman–Crippen MR) is 183 cm³/mol. The van der Waals surface area contributed by atoms with Gasteiger partial charge in [0.05, 0.1) is 6.61 Å². The van der Waals surface area contributed by atoms with E-state index in [1.807, 2.05) is 6.07 Å². The number of alkyl halides is 3. The average Bonchev–Trinajstić information content (AvgIpc) is 3.07. The monoisotopic (exact) mass is 695 g/mol. The van der Waals surface area contributed by atoms with Gasteiger partial charge in [0.2, 0.25) is 5.91 Å². The number of nitrogens with one attached hydrogen (secondary N) is 3. The molecule has 2 aromatic carbocycles. The number of ether oxygens (including phenoxy) is 3. The summed E-state index contributed by atoms with van der Waals surface area (Å²) in [7, 11) is 3.46. The summed E-state index contributed by atoms with van der Waals surface area (Å²) in [5.41, 5.74) is 4.49. The molecule has 14 heteroatoms. The highest BCUT2D eigenvalue weighted by Gasteiger charge is 2.38. The summed E-state index contributed by atoms with van der Waals surface area (Å²) in [4.78, 5) is 26.3. The maximum atomic E-state index is 12.4. The first-order valence-electron chi connectivity index (χ1n) is 16.7. The van der Waals surface area contributed by atoms with E-state index in [-0.39, 0.29) is 11.9 Å². The van der Waals surface area contributed by atoms with Crippen molar-refractivity contribution < 1.29 is 42.1 Å². The molecule has 2 aromatic rings. The van der Waals surface area contributed by atoms with E-state index in [4.69, 9.17) is 29.5 Å². The smallest absolute Gasteiger partial charge is 0.490 e. The Morgan fingerprint density at radius 2 is 1.51 bits per heavy atom. The van der Waals surface area contributed by atoms with Crippen molar-refractivity contribution in [3.05, 3.63) is 53.6 Å². The molecule has 0 atom stereocenters. The van der Waals surface area contributed by atoms with Crippen LogP contribution in [-0.4, -0.2) is 112 Å². The van der Waals surface area contributed by atoms with Crippen LogP contribution in [0.1, 0.15) is 50.2 Å². The van der Waals surface area contributed by atoms with E-state index >= 15 is 0 Å². The number of benzene rings is 2. The van der Waals surface area contributed by atoms with E-state index in [1.165, 1.54) is 5.56 Å². The van der Waals surface area contributed by atoms with Crippen molar-refractivity contribution in [1.29, 1.82) is 5.41 Å². The number of aryl methyl sites for hydroxylation is 1. The molecule has 274 valence electrons. The third-order valence-corrected chi connectivity index (χ3v) is 7.73. The fourth-order valence-corrected chi connectivity index (χ4v) is 5.01. The molecule has 0 radical (unpaired) electrons. The number of nitrogens with zero attached hydrogens (tertiary/aromatic N) is 2. The van der Waals surface area contributed by atoms with Crippen LogP contribution in [0.15, 0.2) is 42.5 Å². The molecule has 1 aliphatic rings. The lowest BCUT2D eigenvalue weighted by Gasteiger charge is -2.34. The number of carbonyl (C=O) groups excluding carboxylic acids is 1. The van der Waals surface area contributed by atoms with Crippen LogP contribution in [0.3, 0.4) is 0 Å². The second-order valence-corrected chi connectivity index (χ2v) is 11.7. The number of hydrogen-bond donors (Lipinski definition) is 4. The van der Waals surface area contributed by atoms with Gasteiger partial charge in [-0.1, -0.05) is 49.7 Å². The number of guanidine groups is 1. The van der Waals surface area contributed by atoms with Gasteiger partial charge in [0, 0.05) is 91.7 Å². The van der Waals surface area contributed by atoms with Crippen molar-refractivity contribution in [3.63, 3.8) is 0 Å². The number of hydrogen-bond acceptors (Lipinski definition) is 8. The summed E-state index contributed by atoms with van der Waals surface area (Å²) in [5, 5.41) is 20.6. The van der Waals surface area contributed by atoms with E-state index in [2.05, 4.69) is 63.8 Å². The molecule has 0 aliphatic carbocycles. The van der Waals surface area contributed by atoms with Gasteiger partial charge in [-0.2, -0.15) is 13.2 Å². The van der Waals surface area contributed by atoms with Crippen molar-refractivity contribution in [2.24, 2.45) is 0 Å². The zero-order chi connectivity index (χ0) is 36.1. The molecule has 0 aromatic heterocycles. The lowest BCUT2D eigenvalue weighted by Crippen LogP contribution is -2.46. The molecule has 4 N–H and O–H groups in total. The van der Waals surface area contributed by atoms with E-state index in [1.54, 1.807) is 14.2 Å². The Hall–Kier alpha value is -3.72. The van der Waals surface area contributed by atoms with Crippen LogP contribution < -0.4 is 15.4 Å². The van der Waals surface area contributed by atoms with Crippen LogP contribution >= 0.6 is 0 Å². The summed E-state index contributed by atoms with van der Waals surface area (Å²) in [5.74, 6) is -2.05. The standard InChI is InChI=1S/C33H51N5O4.C2HF3O2/c1-4-5-16-35-33(34)36-32(39)15-11-27-10-14-30(31(25-27)42-24-7-23-41-3)29-12-8-28(9-13-29)26-38-20-18-37(19-21-38)17-6-22-40-2;3-2(4,5)1(6)7/h8-10,12-14,25H,4-7,11,15-24,26H2,1-3H3,(H3,34,35,36,39);(H,6,7). The molecule has 1 heterocycles. The largest absolute Gasteiger partial charge is 0.493 e. The van der Waals surface area contributed by atoms with Crippen LogP contribution in [0.25, 0.3) is 11.1 Å². The number of carboxylic acids is 1. The first kappa shape index (κ1) is 41.5. The Kier molecular flexibility index (Phi) is 19.3. The first-order chi connectivity index (χ1) is 23.5. The van der Waals surface area contributed by atoms with Crippen molar-refractivity contribution in [2.75, 3.05) is 73.3 Å². The molecular weight excluding hydrogens is 643 g/mol. The van der Waals surface area contributed by atoms with Crippen molar-refractivity contribution in [3.8, 4) is 16.9 Å². The number of aliphatic carboxylic acids is 1. The third-order valence-electron chi connectivity index (χ3n) is 7.73. The molecule has 0 unspecified atom stereocenters. The highest BCUT2D eigenvalue weighted by atomic mass is 19.4. The summed E-state index contributed by atoms with van der Waals surface area (Å²) in [6.07, 6.45) is -0.313. The van der Waals surface area contributed by atoms with Gasteiger partial charge >= 0.3 is 12.1 Å². The van der Waals surface area contributed by atoms with Crippen molar-refractivity contribution in [2.45, 2.75) is 58.2 Å². The van der Waals surface area contributed by atoms with Gasteiger partial charge in [-0.3, -0.25) is 20.4 Å². The Labute approximate surface area is 287 Å². The number of carbonyl (C=O) groups is 2. The van der Waals surface area contributed by atoms with Gasteiger partial charge in [-0.25, -0.2) is 4.79 Å². The summed E-state index contributed by atoms with van der Waals surface area (Å²) < 4.78 is 48.3. The topological polar surface area (TPSA) is 136 Å². The lowest BCUT2D eigenvalue weighted by atomic mass is 9.99. The van der Waals surface area contributed by atoms with E-state index < -0.39 is 12.1 Å². The zero-order valence-electron chi connectivity index (χ0n) is 28.9. The SMILES string of the molecule is CCCCNC(=N)NC(=O)CCc1ccc(-c2ccc(CN3CCN(CCCOC)CC3)cc2)c(OCCCOC)c1.O=C(O)C(F)(F)F. The molecule has 0 bridgehead atoms. The Balaban J connectivity index is 0.00000107. The molecule has 0 saturated carbocycles. The fourth-order valence-electron chi connectivity index (χ4n) is 5.01. The minimum Gasteiger partial charge on any atom is -0.493 e. The van der Waals surface area contributed by atoms with E-state index in [9.17, 15) is 18.0 Å². The summed E-state index contributed by atoms with van der Waals surface area (Å²) in [6.45, 7) is 11.3. The molecular formula is C35H52F3N5O6. The van der Waals surface area contributed by atoms with Gasteiger partial charge in [-0.15, -0.1) is 0 Å². The van der Waals surface area contributed by atoms with Gasteiger partial charge in [-0.05, 0) is 42.0 Å². The van der Waals surface area contributed by atoms with Crippen LogP contribution in [0.2, 0.25) is 0 Å². The number of methoxy groups -OCH3 is 2. The molecule has 0 spiro atoms. The molecule has 1 aliphatic heterocycles. The number of unbranched alkanes of at least 4 members (excludes halogenated alkanes) is 1. The molecule has 11 nitrogen and oxygen atoms in total. The molecule has 1 saturated heterocycles. The van der Waals surface area contributed by atoms with Gasteiger partial charge in [0.15, 0.2) is 5.96 Å². The Morgan fingerprint density at radius 3 is 2.12 bits per heavy atom. The number of piperazine rings is 1. The average molecular weight is 696 g/mol. The first-order valence-corrected chi connectivity index (χ1v) is 16.7. The highest BCUT2D eigenvalue weighted by Crippen LogP contribution is 2.32. The maximum Gasteiger partial charge on any atom is 0.490 e. The van der Waals surface area contributed by atoms with Gasteiger partial charge in [0.1, 0.15) is 5.75 Å². The summed E-state index contributed by atoms with van der Waals surface area (Å²) in [6, 6.07) is 15.0. The minimum absolute atomic E-state index is 0.0645. The number of amides is 1. The molecule has 49 heavy (non-hydrogen) atoms. The quantitative estimate of drug-likeness (QED) is 0.0973. The molecule has 1 fully saturated rings. The second-order valence-electron chi connectivity index (χ2n) is 11.7. The minimum atomic E-state index is -5.08. The number of carboxylic acid groups (broad SMARTS) is 1. The van der Waals surface area contributed by atoms with Crippen LogP contribution in [0.4, 0.5) is 13.2 Å². The second kappa shape index (κ2) is 22.8. The normalized spacial score (nSPS) is 13.7. The maximum absolute atomic E-state index is 12.4. The van der Waals surface area contributed by atoms with Gasteiger partial charge in [0.25, 0.3) is 0 Å². The van der Waals surface area contributed by atoms with E-state index in [0.29, 0.717) is 32.6 Å². The van der Waals surface area contributed by atoms with Gasteiger partial charge < -0.3 is 29.5 Å². The number of rotatable bonds is 18. The Morgan fingerprint density at radius 1 is 0.898 bits per heavy atom. The van der Waals surface area contributed by atoms with Crippen molar-refractivity contribution >= 4 is 17.8 Å². The zero-order valence-corrected chi connectivity index (χ0v) is 28.9. The van der Waals surface area contributed by atoms with Crippen LogP contribution in [0, 0.1) is 5.41 Å². The fraction of sp³-hybridized carbons (Fsp3) is 0.571. The number of halogens is 3. The molecule has 3 rings (SSSR count). The van der Waals surface area contributed by atoms with Crippen molar-refractivity contribution in [1.82, 2.24) is 20.4 Å². The molecule has 1 amide bonds. The highest BCUT2D eigenvalue weighted by molar-refractivity contribution is 5.95. The van der Waals surface area contributed by atoms with Crippen LogP contribution in [0.5, 0.6) is 5.75 Å². The lowest BCUT2D eigenvalue weighted by molar-refractivity contribution is -0.192. The third kappa shape index (κ3) is 17.0. The van der Waals surface area contributed by atoms with Crippen LogP contribution in [-0.2, 0) is 32.0 Å². The van der Waals surface area contributed by atoms with E-state index in [0.717, 1.165) is 94.0 Å².